The average Bonchev–Trinajstić information content (AvgIpc) is 3.03. The van der Waals surface area contributed by atoms with Crippen LogP contribution in [0.25, 0.3) is 0 Å². The van der Waals surface area contributed by atoms with Crippen molar-refractivity contribution in [3.05, 3.63) is 12.4 Å². The van der Waals surface area contributed by atoms with Crippen molar-refractivity contribution in [2.24, 2.45) is 0 Å². The topological polar surface area (TPSA) is 6.48 Å². The van der Waals surface area contributed by atoms with Crippen LogP contribution in [0.15, 0.2) is 12.4 Å². The Hall–Kier alpha value is -0.660. The third-order valence-electron chi connectivity index (χ3n) is 5.84. The van der Waals surface area contributed by atoms with E-state index in [2.05, 4.69) is 49.9 Å². The first kappa shape index (κ1) is 23.4. The van der Waals surface area contributed by atoms with Gasteiger partial charge in [-0.05, 0) is 33.1 Å². The largest absolute Gasteiger partial charge is 0.356 e. The average molecular weight is 365 g/mol. The van der Waals surface area contributed by atoms with Gasteiger partial charge in [-0.2, -0.15) is 0 Å². The second-order valence-electron chi connectivity index (χ2n) is 8.59. The number of hydrogen-bond acceptors (Lipinski definition) is 2. The summed E-state index contributed by atoms with van der Waals surface area (Å²) in [6.07, 6.45) is 26.3. The van der Waals surface area contributed by atoms with Crippen molar-refractivity contribution in [2.45, 2.75) is 136 Å². The minimum Gasteiger partial charge on any atom is -0.356 e. The molecule has 1 aliphatic rings. The lowest BCUT2D eigenvalue weighted by atomic mass is 10.1. The summed E-state index contributed by atoms with van der Waals surface area (Å²) in [7, 11) is 0. The standard InChI is InChI=1S/C24H48N2/c1-5-7-9-11-13-14-15-17-19-24-25(21-22-26(24)23(3)4)20-18-16-12-10-8-6-2/h21-24H,5-20H2,1-4H3. The van der Waals surface area contributed by atoms with Crippen LogP contribution in [0.3, 0.4) is 0 Å². The van der Waals surface area contributed by atoms with Gasteiger partial charge < -0.3 is 9.80 Å². The van der Waals surface area contributed by atoms with Crippen molar-refractivity contribution in [1.82, 2.24) is 9.80 Å². The van der Waals surface area contributed by atoms with Gasteiger partial charge in [0.25, 0.3) is 0 Å². The smallest absolute Gasteiger partial charge is 0.101 e. The molecular formula is C24H48N2. The minimum absolute atomic E-state index is 0.611. The molecule has 0 aromatic heterocycles. The highest BCUT2D eigenvalue weighted by molar-refractivity contribution is 4.98. The molecular weight excluding hydrogens is 316 g/mol. The van der Waals surface area contributed by atoms with E-state index in [1.54, 1.807) is 0 Å². The molecule has 0 aliphatic carbocycles. The van der Waals surface area contributed by atoms with Gasteiger partial charge >= 0.3 is 0 Å². The zero-order valence-corrected chi connectivity index (χ0v) is 18.5. The Labute approximate surface area is 165 Å². The van der Waals surface area contributed by atoms with Crippen LogP contribution < -0.4 is 0 Å². The molecule has 0 saturated carbocycles. The monoisotopic (exact) mass is 364 g/mol. The zero-order chi connectivity index (χ0) is 19.0. The van der Waals surface area contributed by atoms with Crippen molar-refractivity contribution in [1.29, 1.82) is 0 Å². The molecule has 154 valence electrons. The van der Waals surface area contributed by atoms with Crippen LogP contribution in [-0.2, 0) is 0 Å². The SMILES string of the molecule is CCCCCCCCCCC1N(CCCCCCCC)C=CN1C(C)C. The summed E-state index contributed by atoms with van der Waals surface area (Å²) in [6, 6.07) is 0.611. The Morgan fingerprint density at radius 1 is 0.654 bits per heavy atom. The Morgan fingerprint density at radius 2 is 1.15 bits per heavy atom. The number of hydrogen-bond donors (Lipinski definition) is 0. The summed E-state index contributed by atoms with van der Waals surface area (Å²) in [5.74, 6) is 0. The molecule has 0 N–H and O–H groups in total. The molecule has 0 amide bonds. The van der Waals surface area contributed by atoms with Gasteiger partial charge in [0.2, 0.25) is 0 Å². The highest BCUT2D eigenvalue weighted by Crippen LogP contribution is 2.24. The normalized spacial score (nSPS) is 17.0. The fourth-order valence-electron chi connectivity index (χ4n) is 4.12. The van der Waals surface area contributed by atoms with Crippen LogP contribution >= 0.6 is 0 Å². The molecule has 1 aliphatic heterocycles. The zero-order valence-electron chi connectivity index (χ0n) is 18.5. The molecule has 0 fully saturated rings. The van der Waals surface area contributed by atoms with Gasteiger partial charge in [-0.25, -0.2) is 0 Å². The van der Waals surface area contributed by atoms with Gasteiger partial charge in [0.15, 0.2) is 0 Å². The first-order chi connectivity index (χ1) is 12.7. The third kappa shape index (κ3) is 9.88. The number of unbranched alkanes of at least 4 members (excludes halogenated alkanes) is 12. The molecule has 0 aromatic carbocycles. The van der Waals surface area contributed by atoms with Gasteiger partial charge in [-0.15, -0.1) is 0 Å². The Bertz CT molecular complexity index is 337. The van der Waals surface area contributed by atoms with E-state index < -0.39 is 0 Å². The molecule has 1 atom stereocenters. The van der Waals surface area contributed by atoms with Crippen LogP contribution in [0.1, 0.15) is 124 Å². The van der Waals surface area contributed by atoms with E-state index in [-0.39, 0.29) is 0 Å². The maximum absolute atomic E-state index is 2.63. The van der Waals surface area contributed by atoms with Crippen LogP contribution in [0.4, 0.5) is 0 Å². The number of nitrogens with zero attached hydrogens (tertiary/aromatic N) is 2. The molecule has 0 spiro atoms. The fraction of sp³-hybridized carbons (Fsp3) is 0.917. The summed E-state index contributed by atoms with van der Waals surface area (Å²) in [6.45, 7) is 10.5. The lowest BCUT2D eigenvalue weighted by Gasteiger charge is -2.35. The van der Waals surface area contributed by atoms with Gasteiger partial charge in [-0.1, -0.05) is 90.9 Å². The maximum atomic E-state index is 2.63. The van der Waals surface area contributed by atoms with E-state index in [9.17, 15) is 0 Å². The van der Waals surface area contributed by atoms with E-state index in [0.717, 1.165) is 0 Å². The first-order valence-electron chi connectivity index (χ1n) is 11.9. The van der Waals surface area contributed by atoms with Crippen LogP contribution in [0, 0.1) is 0 Å². The highest BCUT2D eigenvalue weighted by Gasteiger charge is 2.26. The van der Waals surface area contributed by atoms with E-state index in [0.29, 0.717) is 12.2 Å². The maximum Gasteiger partial charge on any atom is 0.101 e. The molecule has 0 aromatic rings. The van der Waals surface area contributed by atoms with Crippen LogP contribution in [0.5, 0.6) is 0 Å². The predicted molar refractivity (Wildman–Crippen MR) is 117 cm³/mol. The van der Waals surface area contributed by atoms with Crippen molar-refractivity contribution >= 4 is 0 Å². The molecule has 0 bridgehead atoms. The summed E-state index contributed by atoms with van der Waals surface area (Å²) in [4.78, 5) is 5.21. The summed E-state index contributed by atoms with van der Waals surface area (Å²) < 4.78 is 0. The molecule has 1 rings (SSSR count). The molecule has 2 nitrogen and oxygen atoms in total. The van der Waals surface area contributed by atoms with Crippen molar-refractivity contribution in [2.75, 3.05) is 6.54 Å². The second-order valence-corrected chi connectivity index (χ2v) is 8.59. The van der Waals surface area contributed by atoms with E-state index >= 15 is 0 Å². The Kier molecular flexibility index (Phi) is 13.9. The third-order valence-corrected chi connectivity index (χ3v) is 5.84. The lowest BCUT2D eigenvalue weighted by molar-refractivity contribution is 0.114. The van der Waals surface area contributed by atoms with Crippen LogP contribution in [-0.4, -0.2) is 28.6 Å². The molecule has 0 radical (unpaired) electrons. The minimum atomic E-state index is 0.611. The summed E-state index contributed by atoms with van der Waals surface area (Å²) >= 11 is 0. The molecule has 1 unspecified atom stereocenters. The van der Waals surface area contributed by atoms with E-state index in [1.807, 2.05) is 0 Å². The van der Waals surface area contributed by atoms with Gasteiger partial charge in [-0.3, -0.25) is 0 Å². The summed E-state index contributed by atoms with van der Waals surface area (Å²) in [5, 5.41) is 0. The molecule has 1 heterocycles. The Balaban J connectivity index is 2.21. The lowest BCUT2D eigenvalue weighted by Crippen LogP contribution is -2.42. The quantitative estimate of drug-likeness (QED) is 0.244. The Morgan fingerprint density at radius 3 is 1.69 bits per heavy atom. The fourth-order valence-corrected chi connectivity index (χ4v) is 4.12. The predicted octanol–water partition coefficient (Wildman–Crippen LogP) is 7.70. The molecule has 2 heteroatoms. The molecule has 0 saturated heterocycles. The first-order valence-corrected chi connectivity index (χ1v) is 11.9. The molecule has 26 heavy (non-hydrogen) atoms. The second kappa shape index (κ2) is 15.4. The highest BCUT2D eigenvalue weighted by atomic mass is 15.4. The van der Waals surface area contributed by atoms with E-state index in [1.165, 1.54) is 103 Å². The van der Waals surface area contributed by atoms with Crippen molar-refractivity contribution in [3.63, 3.8) is 0 Å². The van der Waals surface area contributed by atoms with Gasteiger partial charge in [0.1, 0.15) is 6.17 Å². The summed E-state index contributed by atoms with van der Waals surface area (Å²) in [5.41, 5.74) is 0. The van der Waals surface area contributed by atoms with Gasteiger partial charge in [0, 0.05) is 25.0 Å². The van der Waals surface area contributed by atoms with Gasteiger partial charge in [0.05, 0.1) is 0 Å². The van der Waals surface area contributed by atoms with Crippen molar-refractivity contribution in [3.8, 4) is 0 Å². The van der Waals surface area contributed by atoms with E-state index in [4.69, 9.17) is 0 Å². The van der Waals surface area contributed by atoms with Crippen LogP contribution in [0.2, 0.25) is 0 Å². The van der Waals surface area contributed by atoms with Crippen molar-refractivity contribution < 1.29 is 0 Å². The number of rotatable bonds is 17.